The summed E-state index contributed by atoms with van der Waals surface area (Å²) in [7, 11) is 0. The van der Waals surface area contributed by atoms with Gasteiger partial charge in [-0.1, -0.05) is 55.6 Å². The minimum absolute atomic E-state index is 0.0813. The molecule has 0 radical (unpaired) electrons. The maximum atomic E-state index is 11.7. The van der Waals surface area contributed by atoms with Crippen molar-refractivity contribution in [3.8, 4) is 5.75 Å². The zero-order chi connectivity index (χ0) is 17.9. The lowest BCUT2D eigenvalue weighted by molar-refractivity contribution is -0.123. The molecule has 5 heteroatoms. The van der Waals surface area contributed by atoms with E-state index in [-0.39, 0.29) is 12.5 Å². The molecule has 132 valence electrons. The summed E-state index contributed by atoms with van der Waals surface area (Å²) in [5.74, 6) is 0.360. The molecule has 0 atom stereocenters. The van der Waals surface area contributed by atoms with E-state index in [1.807, 2.05) is 36.4 Å². The molecule has 0 aliphatic rings. The van der Waals surface area contributed by atoms with Crippen molar-refractivity contribution in [3.63, 3.8) is 0 Å². The van der Waals surface area contributed by atoms with E-state index in [1.165, 1.54) is 31.0 Å². The summed E-state index contributed by atoms with van der Waals surface area (Å²) in [5.41, 5.74) is 4.53. The molecule has 1 N–H and O–H groups in total. The van der Waals surface area contributed by atoms with Gasteiger partial charge in [0.15, 0.2) is 6.61 Å². The number of benzene rings is 2. The van der Waals surface area contributed by atoms with Gasteiger partial charge >= 0.3 is 0 Å². The largest absolute Gasteiger partial charge is 0.484 e. The lowest BCUT2D eigenvalue weighted by Crippen LogP contribution is -2.24. The Bertz CT molecular complexity index is 699. The number of rotatable bonds is 9. The van der Waals surface area contributed by atoms with E-state index in [2.05, 4.69) is 17.5 Å². The van der Waals surface area contributed by atoms with E-state index >= 15 is 0 Å². The molecule has 0 spiro atoms. The molecular weight excluding hydrogens is 336 g/mol. The van der Waals surface area contributed by atoms with Crippen LogP contribution in [0.3, 0.4) is 0 Å². The van der Waals surface area contributed by atoms with Crippen LogP contribution in [0.15, 0.2) is 53.6 Å². The molecule has 0 unspecified atom stereocenters. The van der Waals surface area contributed by atoms with Crippen LogP contribution in [0.2, 0.25) is 5.02 Å². The predicted molar refractivity (Wildman–Crippen MR) is 102 cm³/mol. The first-order valence-corrected chi connectivity index (χ1v) is 8.84. The summed E-state index contributed by atoms with van der Waals surface area (Å²) in [5, 5.41) is 4.51. The molecule has 0 fully saturated rings. The first kappa shape index (κ1) is 19.0. The van der Waals surface area contributed by atoms with Gasteiger partial charge in [-0.25, -0.2) is 5.43 Å². The number of nitrogens with one attached hydrogen (secondary N) is 1. The van der Waals surface area contributed by atoms with Crippen LogP contribution in [0, 0.1) is 0 Å². The van der Waals surface area contributed by atoms with E-state index in [1.54, 1.807) is 12.1 Å². The highest BCUT2D eigenvalue weighted by Gasteiger charge is 2.02. The van der Waals surface area contributed by atoms with Gasteiger partial charge in [0.1, 0.15) is 5.75 Å². The molecule has 2 rings (SSSR count). The van der Waals surface area contributed by atoms with Crippen LogP contribution in [0.25, 0.3) is 0 Å². The van der Waals surface area contributed by atoms with Crippen molar-refractivity contribution in [2.45, 2.75) is 32.6 Å². The van der Waals surface area contributed by atoms with Crippen molar-refractivity contribution in [2.75, 3.05) is 6.61 Å². The Morgan fingerprint density at radius 1 is 1.20 bits per heavy atom. The molecular formula is C20H23ClN2O2. The Labute approximate surface area is 153 Å². The normalized spacial score (nSPS) is 10.8. The molecule has 25 heavy (non-hydrogen) atoms. The predicted octanol–water partition coefficient (Wildman–Crippen LogP) is 4.60. The fourth-order valence-electron chi connectivity index (χ4n) is 2.28. The molecule has 0 saturated carbocycles. The second-order valence-electron chi connectivity index (χ2n) is 5.74. The van der Waals surface area contributed by atoms with Crippen molar-refractivity contribution < 1.29 is 9.53 Å². The zero-order valence-electron chi connectivity index (χ0n) is 14.4. The van der Waals surface area contributed by atoms with Crippen molar-refractivity contribution in [2.24, 2.45) is 5.10 Å². The minimum atomic E-state index is -0.315. The summed E-state index contributed by atoms with van der Waals surface area (Å²) in [6.45, 7) is 2.11. The van der Waals surface area contributed by atoms with Crippen LogP contribution < -0.4 is 10.2 Å². The molecule has 4 nitrogen and oxygen atoms in total. The molecule has 0 aliphatic carbocycles. The smallest absolute Gasteiger partial charge is 0.277 e. The number of carbonyl (C=O) groups is 1. The van der Waals surface area contributed by atoms with E-state index in [0.29, 0.717) is 10.8 Å². The van der Waals surface area contributed by atoms with Crippen LogP contribution >= 0.6 is 11.6 Å². The summed E-state index contributed by atoms with van der Waals surface area (Å²) in [4.78, 5) is 11.7. The van der Waals surface area contributed by atoms with Gasteiger partial charge in [0, 0.05) is 5.02 Å². The van der Waals surface area contributed by atoms with Crippen LogP contribution in [0.5, 0.6) is 5.75 Å². The second-order valence-corrected chi connectivity index (χ2v) is 6.17. The number of nitrogens with zero attached hydrogens (tertiary/aromatic N) is 1. The number of ether oxygens (including phenoxy) is 1. The standard InChI is InChI=1S/C20H23ClN2O2/c1-2-3-4-6-16-9-11-19(12-10-16)25-15-20(24)23-22-14-17-7-5-8-18(21)13-17/h5,7-14H,2-4,6,15H2,1H3,(H,23,24). The molecule has 2 aromatic carbocycles. The molecule has 0 saturated heterocycles. The minimum Gasteiger partial charge on any atom is -0.484 e. The van der Waals surface area contributed by atoms with Gasteiger partial charge in [0.2, 0.25) is 0 Å². The van der Waals surface area contributed by atoms with Gasteiger partial charge in [0.25, 0.3) is 5.91 Å². The monoisotopic (exact) mass is 358 g/mol. The molecule has 0 bridgehead atoms. The number of carbonyl (C=O) groups excluding carboxylic acids is 1. The average Bonchev–Trinajstić information content (AvgIpc) is 2.61. The van der Waals surface area contributed by atoms with Gasteiger partial charge in [-0.3, -0.25) is 4.79 Å². The summed E-state index contributed by atoms with van der Waals surface area (Å²) in [6.07, 6.45) is 6.27. The Balaban J connectivity index is 1.72. The quantitative estimate of drug-likeness (QED) is 0.404. The zero-order valence-corrected chi connectivity index (χ0v) is 15.1. The molecule has 0 aliphatic heterocycles. The van der Waals surface area contributed by atoms with Gasteiger partial charge in [0.05, 0.1) is 6.21 Å². The third kappa shape index (κ3) is 7.40. The van der Waals surface area contributed by atoms with Crippen LogP contribution in [-0.2, 0) is 11.2 Å². The fraction of sp³-hybridized carbons (Fsp3) is 0.300. The lowest BCUT2D eigenvalue weighted by Gasteiger charge is -2.06. The highest BCUT2D eigenvalue weighted by atomic mass is 35.5. The molecule has 0 aromatic heterocycles. The Morgan fingerprint density at radius 2 is 2.00 bits per heavy atom. The number of hydrogen-bond donors (Lipinski definition) is 1. The summed E-state index contributed by atoms with van der Waals surface area (Å²) >= 11 is 5.88. The van der Waals surface area contributed by atoms with E-state index in [4.69, 9.17) is 16.3 Å². The number of halogens is 1. The first-order valence-electron chi connectivity index (χ1n) is 8.46. The first-order chi connectivity index (χ1) is 12.2. The molecule has 1 amide bonds. The number of hydrogen-bond acceptors (Lipinski definition) is 3. The van der Waals surface area contributed by atoms with E-state index in [9.17, 15) is 4.79 Å². The van der Waals surface area contributed by atoms with Crippen LogP contribution in [-0.4, -0.2) is 18.7 Å². The Hall–Kier alpha value is -2.33. The summed E-state index contributed by atoms with van der Waals surface area (Å²) < 4.78 is 5.46. The van der Waals surface area contributed by atoms with Gasteiger partial charge in [-0.2, -0.15) is 5.10 Å². The van der Waals surface area contributed by atoms with Crippen molar-refractivity contribution in [3.05, 3.63) is 64.7 Å². The lowest BCUT2D eigenvalue weighted by atomic mass is 10.1. The van der Waals surface area contributed by atoms with E-state index < -0.39 is 0 Å². The second kappa shape index (κ2) is 10.5. The molecule has 2 aromatic rings. The average molecular weight is 359 g/mol. The van der Waals surface area contributed by atoms with Crippen LogP contribution in [0.1, 0.15) is 37.3 Å². The number of aryl methyl sites for hydroxylation is 1. The van der Waals surface area contributed by atoms with Gasteiger partial charge in [-0.15, -0.1) is 0 Å². The highest BCUT2D eigenvalue weighted by molar-refractivity contribution is 6.30. The van der Waals surface area contributed by atoms with Gasteiger partial charge in [-0.05, 0) is 48.2 Å². The molecule has 0 heterocycles. The Morgan fingerprint density at radius 3 is 2.72 bits per heavy atom. The van der Waals surface area contributed by atoms with Crippen molar-refractivity contribution in [1.82, 2.24) is 5.43 Å². The van der Waals surface area contributed by atoms with Crippen molar-refractivity contribution in [1.29, 1.82) is 0 Å². The maximum Gasteiger partial charge on any atom is 0.277 e. The maximum absolute atomic E-state index is 11.7. The number of hydrazone groups is 1. The number of unbranched alkanes of at least 4 members (excludes halogenated alkanes) is 2. The van der Waals surface area contributed by atoms with Gasteiger partial charge < -0.3 is 4.74 Å². The SMILES string of the molecule is CCCCCc1ccc(OCC(=O)NN=Cc2cccc(Cl)c2)cc1. The number of amides is 1. The highest BCUT2D eigenvalue weighted by Crippen LogP contribution is 2.14. The Kier molecular flexibility index (Phi) is 7.99. The summed E-state index contributed by atoms with van der Waals surface area (Å²) in [6, 6.07) is 15.1. The third-order valence-electron chi connectivity index (χ3n) is 3.61. The fourth-order valence-corrected chi connectivity index (χ4v) is 2.48. The third-order valence-corrected chi connectivity index (χ3v) is 3.85. The van der Waals surface area contributed by atoms with Crippen LogP contribution in [0.4, 0.5) is 0 Å². The topological polar surface area (TPSA) is 50.7 Å². The van der Waals surface area contributed by atoms with E-state index in [0.717, 1.165) is 12.0 Å². The van der Waals surface area contributed by atoms with Crippen molar-refractivity contribution >= 4 is 23.7 Å².